The fraction of sp³-hybridized carbons (Fsp3) is 1.00. The van der Waals surface area contributed by atoms with Crippen molar-refractivity contribution < 1.29 is 5.11 Å². The van der Waals surface area contributed by atoms with E-state index in [-0.39, 0.29) is 0 Å². The number of aliphatic hydroxyl groups excluding tert-OH is 1. The molecule has 0 bridgehead atoms. The minimum atomic E-state index is 0.373. The van der Waals surface area contributed by atoms with Crippen molar-refractivity contribution in [2.24, 2.45) is 5.92 Å². The zero-order valence-electron chi connectivity index (χ0n) is 16.5. The van der Waals surface area contributed by atoms with Gasteiger partial charge in [-0.05, 0) is 12.3 Å². The first kappa shape index (κ1) is 23.0. The highest BCUT2D eigenvalue weighted by Crippen LogP contribution is 2.23. The summed E-state index contributed by atoms with van der Waals surface area (Å²) in [5, 5.41) is 8.75. The number of hydrogen-bond acceptors (Lipinski definition) is 1. The molecule has 140 valence electrons. The molecule has 0 rings (SSSR count). The Balaban J connectivity index is 3.46. The molecular weight excluding hydrogens is 280 g/mol. The molecule has 1 unspecified atom stereocenters. The molecule has 0 radical (unpaired) electrons. The highest BCUT2D eigenvalue weighted by Gasteiger charge is 2.07. The van der Waals surface area contributed by atoms with Gasteiger partial charge in [-0.3, -0.25) is 0 Å². The Bertz CT molecular complexity index is 202. The van der Waals surface area contributed by atoms with Crippen LogP contribution in [0.3, 0.4) is 0 Å². The summed E-state index contributed by atoms with van der Waals surface area (Å²) in [6.45, 7) is 5.01. The average molecular weight is 327 g/mol. The van der Waals surface area contributed by atoms with Crippen molar-refractivity contribution in [1.82, 2.24) is 0 Å². The van der Waals surface area contributed by atoms with Gasteiger partial charge in [0.15, 0.2) is 0 Å². The van der Waals surface area contributed by atoms with Crippen molar-refractivity contribution in [3.05, 3.63) is 0 Å². The highest BCUT2D eigenvalue weighted by molar-refractivity contribution is 4.61. The SMILES string of the molecule is CCCCCCC(CCCC)CCCCCCCCCCCO. The summed E-state index contributed by atoms with van der Waals surface area (Å²) in [4.78, 5) is 0. The Morgan fingerprint density at radius 1 is 0.478 bits per heavy atom. The van der Waals surface area contributed by atoms with E-state index in [0.29, 0.717) is 6.61 Å². The summed E-state index contributed by atoms with van der Waals surface area (Å²) in [5.74, 6) is 1.02. The van der Waals surface area contributed by atoms with Gasteiger partial charge in [-0.2, -0.15) is 0 Å². The molecule has 0 aliphatic rings. The molecule has 1 nitrogen and oxygen atoms in total. The lowest BCUT2D eigenvalue weighted by Gasteiger charge is -2.16. The van der Waals surface area contributed by atoms with E-state index in [1.165, 1.54) is 109 Å². The maximum Gasteiger partial charge on any atom is 0.0431 e. The van der Waals surface area contributed by atoms with Crippen LogP contribution in [0.4, 0.5) is 0 Å². The fourth-order valence-corrected chi connectivity index (χ4v) is 3.57. The van der Waals surface area contributed by atoms with Gasteiger partial charge < -0.3 is 5.11 Å². The smallest absolute Gasteiger partial charge is 0.0431 e. The quantitative estimate of drug-likeness (QED) is 0.242. The van der Waals surface area contributed by atoms with Gasteiger partial charge in [-0.25, -0.2) is 0 Å². The minimum absolute atomic E-state index is 0.373. The number of hydrogen-bond donors (Lipinski definition) is 1. The molecule has 0 heterocycles. The largest absolute Gasteiger partial charge is 0.396 e. The molecule has 0 saturated heterocycles. The van der Waals surface area contributed by atoms with Crippen LogP contribution < -0.4 is 0 Å². The molecular formula is C22H46O. The second-order valence-corrected chi connectivity index (χ2v) is 7.55. The fourth-order valence-electron chi connectivity index (χ4n) is 3.57. The van der Waals surface area contributed by atoms with Crippen LogP contribution in [-0.2, 0) is 0 Å². The van der Waals surface area contributed by atoms with Gasteiger partial charge in [0.25, 0.3) is 0 Å². The molecule has 1 heteroatoms. The van der Waals surface area contributed by atoms with Crippen molar-refractivity contribution in [2.45, 2.75) is 129 Å². The van der Waals surface area contributed by atoms with E-state index in [0.717, 1.165) is 12.3 Å². The number of rotatable bonds is 19. The van der Waals surface area contributed by atoms with Crippen LogP contribution in [-0.4, -0.2) is 11.7 Å². The van der Waals surface area contributed by atoms with Crippen molar-refractivity contribution in [2.75, 3.05) is 6.61 Å². The summed E-state index contributed by atoms with van der Waals surface area (Å²) >= 11 is 0. The number of aliphatic hydroxyl groups is 1. The van der Waals surface area contributed by atoms with E-state index < -0.39 is 0 Å². The molecule has 0 aromatic rings. The first-order valence-electron chi connectivity index (χ1n) is 11.0. The van der Waals surface area contributed by atoms with Crippen molar-refractivity contribution >= 4 is 0 Å². The summed E-state index contributed by atoms with van der Waals surface area (Å²) in [6.07, 6.45) is 25.1. The molecule has 0 aromatic carbocycles. The van der Waals surface area contributed by atoms with Gasteiger partial charge in [0.2, 0.25) is 0 Å². The predicted molar refractivity (Wildman–Crippen MR) is 105 cm³/mol. The Kier molecular flexibility index (Phi) is 20.0. The highest BCUT2D eigenvalue weighted by atomic mass is 16.2. The van der Waals surface area contributed by atoms with Gasteiger partial charge in [-0.15, -0.1) is 0 Å². The summed E-state index contributed by atoms with van der Waals surface area (Å²) in [6, 6.07) is 0. The van der Waals surface area contributed by atoms with Crippen LogP contribution in [0.2, 0.25) is 0 Å². The zero-order valence-corrected chi connectivity index (χ0v) is 16.5. The van der Waals surface area contributed by atoms with E-state index in [4.69, 9.17) is 5.11 Å². The topological polar surface area (TPSA) is 20.2 Å². The summed E-state index contributed by atoms with van der Waals surface area (Å²) in [5.41, 5.74) is 0. The van der Waals surface area contributed by atoms with Crippen molar-refractivity contribution in [1.29, 1.82) is 0 Å². The molecule has 0 aromatic heterocycles. The molecule has 1 atom stereocenters. The average Bonchev–Trinajstić information content (AvgIpc) is 2.57. The lowest BCUT2D eigenvalue weighted by Crippen LogP contribution is -2.01. The van der Waals surface area contributed by atoms with Crippen LogP contribution in [0.25, 0.3) is 0 Å². The van der Waals surface area contributed by atoms with E-state index in [2.05, 4.69) is 13.8 Å². The van der Waals surface area contributed by atoms with Crippen LogP contribution in [0, 0.1) is 5.92 Å². The minimum Gasteiger partial charge on any atom is -0.396 e. The molecule has 0 saturated carbocycles. The van der Waals surface area contributed by atoms with E-state index >= 15 is 0 Å². The van der Waals surface area contributed by atoms with Gasteiger partial charge in [0.05, 0.1) is 0 Å². The normalized spacial score (nSPS) is 12.7. The molecule has 0 aliphatic carbocycles. The van der Waals surface area contributed by atoms with Gasteiger partial charge in [-0.1, -0.05) is 123 Å². The van der Waals surface area contributed by atoms with Crippen molar-refractivity contribution in [3.63, 3.8) is 0 Å². The third-order valence-corrected chi connectivity index (χ3v) is 5.20. The van der Waals surface area contributed by atoms with Crippen LogP contribution in [0.15, 0.2) is 0 Å². The second-order valence-electron chi connectivity index (χ2n) is 7.55. The van der Waals surface area contributed by atoms with Crippen molar-refractivity contribution in [3.8, 4) is 0 Å². The lowest BCUT2D eigenvalue weighted by molar-refractivity contribution is 0.282. The Hall–Kier alpha value is -0.0400. The third kappa shape index (κ3) is 18.1. The van der Waals surface area contributed by atoms with Gasteiger partial charge >= 0.3 is 0 Å². The van der Waals surface area contributed by atoms with Gasteiger partial charge in [0, 0.05) is 6.61 Å². The zero-order chi connectivity index (χ0) is 17.0. The van der Waals surface area contributed by atoms with Gasteiger partial charge in [0.1, 0.15) is 0 Å². The third-order valence-electron chi connectivity index (χ3n) is 5.20. The maximum atomic E-state index is 8.75. The standard InChI is InChI=1S/C22H46O/c1-3-5-7-15-19-22(18-6-4-2)20-16-13-11-9-8-10-12-14-17-21-23/h22-23H,3-21H2,1-2H3. The molecule has 0 amide bonds. The maximum absolute atomic E-state index is 8.75. The monoisotopic (exact) mass is 326 g/mol. The first-order valence-corrected chi connectivity index (χ1v) is 11.0. The Morgan fingerprint density at radius 2 is 0.870 bits per heavy atom. The molecule has 0 fully saturated rings. The van der Waals surface area contributed by atoms with Crippen LogP contribution in [0.1, 0.15) is 129 Å². The van der Waals surface area contributed by atoms with Crippen LogP contribution in [0.5, 0.6) is 0 Å². The summed E-state index contributed by atoms with van der Waals surface area (Å²) < 4.78 is 0. The molecule has 1 N–H and O–H groups in total. The lowest BCUT2D eigenvalue weighted by atomic mass is 9.90. The van der Waals surface area contributed by atoms with E-state index in [1.54, 1.807) is 0 Å². The Labute approximate surface area is 147 Å². The second kappa shape index (κ2) is 20.0. The first-order chi connectivity index (χ1) is 11.3. The molecule has 0 aliphatic heterocycles. The number of unbranched alkanes of at least 4 members (excludes halogenated alkanes) is 12. The molecule has 0 spiro atoms. The van der Waals surface area contributed by atoms with E-state index in [1.807, 2.05) is 0 Å². The predicted octanol–water partition coefficient (Wildman–Crippen LogP) is 7.66. The Morgan fingerprint density at radius 3 is 1.35 bits per heavy atom. The van der Waals surface area contributed by atoms with Crippen LogP contribution >= 0.6 is 0 Å². The summed E-state index contributed by atoms with van der Waals surface area (Å²) in [7, 11) is 0. The molecule has 23 heavy (non-hydrogen) atoms. The van der Waals surface area contributed by atoms with E-state index in [9.17, 15) is 0 Å².